The molecule has 0 aromatic carbocycles. The summed E-state index contributed by atoms with van der Waals surface area (Å²) in [5.74, 6) is 0.942. The van der Waals surface area contributed by atoms with Crippen LogP contribution in [0.2, 0.25) is 0 Å². The summed E-state index contributed by atoms with van der Waals surface area (Å²) in [6.07, 6.45) is 7.75. The van der Waals surface area contributed by atoms with E-state index in [9.17, 15) is 0 Å². The molecule has 3 heteroatoms. The van der Waals surface area contributed by atoms with Crippen LogP contribution in [0.4, 0.5) is 0 Å². The summed E-state index contributed by atoms with van der Waals surface area (Å²) < 4.78 is 5.37. The molecule has 0 amide bonds. The van der Waals surface area contributed by atoms with Gasteiger partial charge in [-0.1, -0.05) is 13.3 Å². The van der Waals surface area contributed by atoms with Gasteiger partial charge in [0.1, 0.15) is 0 Å². The molecule has 2 atom stereocenters. The summed E-state index contributed by atoms with van der Waals surface area (Å²) in [7, 11) is 1.81. The van der Waals surface area contributed by atoms with Gasteiger partial charge in [-0.15, -0.1) is 0 Å². The lowest BCUT2D eigenvalue weighted by molar-refractivity contribution is 0.0854. The molecular weight excluding hydrogens is 212 g/mol. The largest absolute Gasteiger partial charge is 0.383 e. The molecule has 0 saturated carbocycles. The zero-order valence-corrected chi connectivity index (χ0v) is 11.7. The van der Waals surface area contributed by atoms with E-state index in [-0.39, 0.29) is 0 Å². The van der Waals surface area contributed by atoms with Crippen molar-refractivity contribution in [3.05, 3.63) is 0 Å². The lowest BCUT2D eigenvalue weighted by atomic mass is 9.98. The molecule has 3 nitrogen and oxygen atoms in total. The first-order chi connectivity index (χ1) is 8.31. The van der Waals surface area contributed by atoms with Gasteiger partial charge in [-0.3, -0.25) is 4.90 Å². The first-order valence-electron chi connectivity index (χ1n) is 7.24. The minimum Gasteiger partial charge on any atom is -0.383 e. The Kier molecular flexibility index (Phi) is 7.82. The average molecular weight is 242 g/mol. The predicted molar refractivity (Wildman–Crippen MR) is 73.2 cm³/mol. The van der Waals surface area contributed by atoms with Gasteiger partial charge in [0.05, 0.1) is 6.61 Å². The van der Waals surface area contributed by atoms with Gasteiger partial charge in [0, 0.05) is 13.2 Å². The molecule has 1 aliphatic heterocycles. The molecule has 102 valence electrons. The number of methoxy groups -OCH3 is 1. The molecule has 2 N–H and O–H groups in total. The standard InChI is InChI=1S/C14H30N2O/c1-3-13-6-5-10-16(11-8-13)14(12-17-2)7-4-9-15/h13-14H,3-12,15H2,1-2H3. The van der Waals surface area contributed by atoms with Crippen LogP contribution in [0.25, 0.3) is 0 Å². The predicted octanol–water partition coefficient (Wildman–Crippen LogP) is 2.25. The van der Waals surface area contributed by atoms with E-state index in [0.717, 1.165) is 25.5 Å². The average Bonchev–Trinajstić information content (AvgIpc) is 2.59. The molecule has 0 bridgehead atoms. The minimum absolute atomic E-state index is 0.583. The molecule has 0 aromatic heterocycles. The van der Waals surface area contributed by atoms with Crippen LogP contribution in [-0.4, -0.2) is 44.3 Å². The Hall–Kier alpha value is -0.120. The summed E-state index contributed by atoms with van der Waals surface area (Å²) in [5, 5.41) is 0. The number of nitrogens with zero attached hydrogens (tertiary/aromatic N) is 1. The fourth-order valence-corrected chi connectivity index (χ4v) is 2.88. The van der Waals surface area contributed by atoms with Gasteiger partial charge in [0.25, 0.3) is 0 Å². The van der Waals surface area contributed by atoms with Crippen LogP contribution in [0.15, 0.2) is 0 Å². The van der Waals surface area contributed by atoms with Crippen LogP contribution in [0, 0.1) is 5.92 Å². The lowest BCUT2D eigenvalue weighted by Crippen LogP contribution is -2.39. The first-order valence-corrected chi connectivity index (χ1v) is 7.24. The molecule has 1 saturated heterocycles. The van der Waals surface area contributed by atoms with Gasteiger partial charge >= 0.3 is 0 Å². The normalized spacial score (nSPS) is 24.5. The molecule has 1 heterocycles. The smallest absolute Gasteiger partial charge is 0.0618 e. The number of ether oxygens (including phenoxy) is 1. The Morgan fingerprint density at radius 3 is 2.82 bits per heavy atom. The maximum absolute atomic E-state index is 5.62. The van der Waals surface area contributed by atoms with Crippen molar-refractivity contribution >= 4 is 0 Å². The van der Waals surface area contributed by atoms with Crippen LogP contribution in [0.5, 0.6) is 0 Å². The Morgan fingerprint density at radius 2 is 2.18 bits per heavy atom. The highest BCUT2D eigenvalue weighted by Crippen LogP contribution is 2.22. The van der Waals surface area contributed by atoms with E-state index in [0.29, 0.717) is 6.04 Å². The van der Waals surface area contributed by atoms with Crippen molar-refractivity contribution < 1.29 is 4.74 Å². The monoisotopic (exact) mass is 242 g/mol. The van der Waals surface area contributed by atoms with Gasteiger partial charge < -0.3 is 10.5 Å². The summed E-state index contributed by atoms with van der Waals surface area (Å²) >= 11 is 0. The van der Waals surface area contributed by atoms with E-state index in [1.54, 1.807) is 0 Å². The fourth-order valence-electron chi connectivity index (χ4n) is 2.88. The van der Waals surface area contributed by atoms with Gasteiger partial charge in [0.15, 0.2) is 0 Å². The summed E-state index contributed by atoms with van der Waals surface area (Å²) in [5.41, 5.74) is 5.62. The van der Waals surface area contributed by atoms with Gasteiger partial charge in [0.2, 0.25) is 0 Å². The topological polar surface area (TPSA) is 38.5 Å². The highest BCUT2D eigenvalue weighted by atomic mass is 16.5. The van der Waals surface area contributed by atoms with Crippen molar-refractivity contribution in [1.29, 1.82) is 0 Å². The second kappa shape index (κ2) is 8.90. The van der Waals surface area contributed by atoms with Crippen LogP contribution in [0.1, 0.15) is 45.4 Å². The number of hydrogen-bond donors (Lipinski definition) is 1. The molecule has 2 unspecified atom stereocenters. The maximum atomic E-state index is 5.62. The summed E-state index contributed by atoms with van der Waals surface area (Å²) in [4.78, 5) is 2.63. The second-order valence-electron chi connectivity index (χ2n) is 5.28. The molecule has 17 heavy (non-hydrogen) atoms. The second-order valence-corrected chi connectivity index (χ2v) is 5.28. The third kappa shape index (κ3) is 5.36. The van der Waals surface area contributed by atoms with E-state index in [4.69, 9.17) is 10.5 Å². The Labute approximate surface area is 107 Å². The molecule has 0 aliphatic carbocycles. The van der Waals surface area contributed by atoms with E-state index in [1.807, 2.05) is 7.11 Å². The Balaban J connectivity index is 2.42. The van der Waals surface area contributed by atoms with Crippen molar-refractivity contribution in [3.63, 3.8) is 0 Å². The molecule has 0 radical (unpaired) electrons. The van der Waals surface area contributed by atoms with E-state index < -0.39 is 0 Å². The van der Waals surface area contributed by atoms with Crippen molar-refractivity contribution in [1.82, 2.24) is 4.90 Å². The Bertz CT molecular complexity index is 187. The quantitative estimate of drug-likeness (QED) is 0.744. The SMILES string of the molecule is CCC1CCCN(C(CCCN)COC)CC1. The summed E-state index contributed by atoms with van der Waals surface area (Å²) in [6, 6.07) is 0.583. The van der Waals surface area contributed by atoms with Crippen LogP contribution >= 0.6 is 0 Å². The minimum atomic E-state index is 0.583. The number of nitrogens with two attached hydrogens (primary N) is 1. The lowest BCUT2D eigenvalue weighted by Gasteiger charge is -2.30. The zero-order chi connectivity index (χ0) is 12.5. The fraction of sp³-hybridized carbons (Fsp3) is 1.00. The number of rotatable bonds is 7. The van der Waals surface area contributed by atoms with Crippen LogP contribution in [0.3, 0.4) is 0 Å². The molecule has 0 spiro atoms. The van der Waals surface area contributed by atoms with Crippen molar-refractivity contribution in [2.45, 2.75) is 51.5 Å². The summed E-state index contributed by atoms with van der Waals surface area (Å²) in [6.45, 7) is 6.47. The number of hydrogen-bond acceptors (Lipinski definition) is 3. The maximum Gasteiger partial charge on any atom is 0.0618 e. The van der Waals surface area contributed by atoms with Gasteiger partial charge in [-0.05, 0) is 57.7 Å². The van der Waals surface area contributed by atoms with Gasteiger partial charge in [-0.2, -0.15) is 0 Å². The highest BCUT2D eigenvalue weighted by molar-refractivity contribution is 4.76. The first kappa shape index (κ1) is 14.9. The van der Waals surface area contributed by atoms with Crippen molar-refractivity contribution in [3.8, 4) is 0 Å². The van der Waals surface area contributed by atoms with E-state index in [2.05, 4.69) is 11.8 Å². The van der Waals surface area contributed by atoms with E-state index >= 15 is 0 Å². The molecule has 1 aliphatic rings. The highest BCUT2D eigenvalue weighted by Gasteiger charge is 2.22. The van der Waals surface area contributed by atoms with Crippen LogP contribution in [-0.2, 0) is 4.74 Å². The van der Waals surface area contributed by atoms with Gasteiger partial charge in [-0.25, -0.2) is 0 Å². The molecular formula is C14H30N2O. The molecule has 1 rings (SSSR count). The molecule has 1 fully saturated rings. The van der Waals surface area contributed by atoms with Crippen molar-refractivity contribution in [2.75, 3.05) is 33.4 Å². The Morgan fingerprint density at radius 1 is 1.35 bits per heavy atom. The third-order valence-corrected chi connectivity index (χ3v) is 4.08. The third-order valence-electron chi connectivity index (χ3n) is 4.08. The molecule has 0 aromatic rings. The van der Waals surface area contributed by atoms with E-state index in [1.165, 1.54) is 45.2 Å². The van der Waals surface area contributed by atoms with Crippen molar-refractivity contribution in [2.24, 2.45) is 11.7 Å². The number of likely N-dealkylation sites (tertiary alicyclic amines) is 1. The zero-order valence-electron chi connectivity index (χ0n) is 11.7. The van der Waals surface area contributed by atoms with Crippen LogP contribution < -0.4 is 5.73 Å².